The molecular weight excluding hydrogens is 233 g/mol. The van der Waals surface area contributed by atoms with Crippen LogP contribution in [0.1, 0.15) is 0 Å². The molecular formula is C7H6BCl3O2. The summed E-state index contributed by atoms with van der Waals surface area (Å²) in [6.45, 7) is 0. The summed E-state index contributed by atoms with van der Waals surface area (Å²) in [4.78, 5) is 0. The molecule has 1 rings (SSSR count). The van der Waals surface area contributed by atoms with E-state index in [9.17, 15) is 5.02 Å². The van der Waals surface area contributed by atoms with E-state index >= 15 is 0 Å². The number of benzene rings is 1. The molecule has 0 unspecified atom stereocenters. The third-order valence-corrected chi connectivity index (χ3v) is 1.60. The predicted octanol–water partition coefficient (Wildman–Crippen LogP) is 1.72. The third-order valence-electron chi connectivity index (χ3n) is 1.33. The van der Waals surface area contributed by atoms with Crippen LogP contribution in [0.15, 0.2) is 30.3 Å². The van der Waals surface area contributed by atoms with E-state index in [0.29, 0.717) is 5.46 Å². The Morgan fingerprint density at radius 2 is 1.69 bits per heavy atom. The van der Waals surface area contributed by atoms with Crippen molar-refractivity contribution in [1.29, 1.82) is 0 Å². The van der Waals surface area contributed by atoms with Crippen molar-refractivity contribution in [2.24, 2.45) is 0 Å². The maximum absolute atomic E-state index is 9.38. The van der Waals surface area contributed by atoms with Crippen molar-refractivity contribution < 1.29 is 9.68 Å². The number of rotatable bonds is 2. The Hall–Kier alpha value is 0.0749. The third kappa shape index (κ3) is 4.20. The quantitative estimate of drug-likeness (QED) is 0.629. The first kappa shape index (κ1) is 11.2. The molecule has 0 spiro atoms. The number of hydrogen-bond acceptors (Lipinski definition) is 2. The fraction of sp³-hybridized carbons (Fsp3) is 0.143. The minimum Gasteiger partial charge on any atom is -0.423 e. The normalized spacial score (nSPS) is 11.4. The Kier molecular flexibility index (Phi) is 3.89. The monoisotopic (exact) mass is 238 g/mol. The topological polar surface area (TPSA) is 29.5 Å². The zero-order chi connectivity index (χ0) is 9.90. The molecule has 0 amide bonds. The summed E-state index contributed by atoms with van der Waals surface area (Å²) in [7, 11) is -1.23. The van der Waals surface area contributed by atoms with Gasteiger partial charge in [-0.1, -0.05) is 65.1 Å². The van der Waals surface area contributed by atoms with Crippen molar-refractivity contribution in [2.45, 2.75) is 3.98 Å². The van der Waals surface area contributed by atoms with E-state index in [-0.39, 0.29) is 0 Å². The highest BCUT2D eigenvalue weighted by atomic mass is 35.6. The average Bonchev–Trinajstić information content (AvgIpc) is 2.03. The van der Waals surface area contributed by atoms with Gasteiger partial charge in [0.25, 0.3) is 3.98 Å². The van der Waals surface area contributed by atoms with Gasteiger partial charge in [-0.15, -0.1) is 0 Å². The lowest BCUT2D eigenvalue weighted by atomic mass is 9.80. The van der Waals surface area contributed by atoms with Crippen molar-refractivity contribution in [3.63, 3.8) is 0 Å². The van der Waals surface area contributed by atoms with Gasteiger partial charge in [-0.05, 0) is 5.46 Å². The maximum atomic E-state index is 9.38. The number of halogens is 3. The van der Waals surface area contributed by atoms with E-state index < -0.39 is 11.1 Å². The van der Waals surface area contributed by atoms with Crippen molar-refractivity contribution in [3.8, 4) is 0 Å². The second kappa shape index (κ2) is 4.53. The molecule has 1 N–H and O–H groups in total. The van der Waals surface area contributed by atoms with Crippen LogP contribution < -0.4 is 5.46 Å². The molecule has 0 saturated heterocycles. The van der Waals surface area contributed by atoms with Crippen LogP contribution >= 0.6 is 34.8 Å². The van der Waals surface area contributed by atoms with Gasteiger partial charge in [0, 0.05) is 0 Å². The van der Waals surface area contributed by atoms with Crippen LogP contribution in [-0.2, 0) is 4.65 Å². The molecule has 0 aromatic heterocycles. The number of alkyl halides is 3. The largest absolute Gasteiger partial charge is 0.494 e. The lowest BCUT2D eigenvalue weighted by Crippen LogP contribution is -2.37. The van der Waals surface area contributed by atoms with Gasteiger partial charge in [0.15, 0.2) is 0 Å². The Bertz CT molecular complexity index is 262. The average molecular weight is 239 g/mol. The van der Waals surface area contributed by atoms with Crippen LogP contribution in [0.3, 0.4) is 0 Å². The molecule has 70 valence electrons. The first-order valence-electron chi connectivity index (χ1n) is 3.46. The van der Waals surface area contributed by atoms with Crippen LogP contribution in [0.25, 0.3) is 0 Å². The smallest absolute Gasteiger partial charge is 0.423 e. The Morgan fingerprint density at radius 3 is 2.15 bits per heavy atom. The van der Waals surface area contributed by atoms with Gasteiger partial charge in [0.2, 0.25) is 0 Å². The molecule has 0 heterocycles. The lowest BCUT2D eigenvalue weighted by molar-refractivity contribution is 0.270. The summed E-state index contributed by atoms with van der Waals surface area (Å²) in [5.74, 6) is 0. The Labute approximate surface area is 91.5 Å². The molecule has 0 fully saturated rings. The molecule has 0 bridgehead atoms. The van der Waals surface area contributed by atoms with Gasteiger partial charge in [0.1, 0.15) is 0 Å². The molecule has 0 aliphatic heterocycles. The molecule has 0 saturated carbocycles. The van der Waals surface area contributed by atoms with E-state index in [2.05, 4.69) is 4.65 Å². The highest BCUT2D eigenvalue weighted by molar-refractivity contribution is 6.70. The molecule has 0 aliphatic carbocycles. The summed E-state index contributed by atoms with van der Waals surface area (Å²) >= 11 is 16.0. The van der Waals surface area contributed by atoms with Crippen LogP contribution in [0.2, 0.25) is 0 Å². The van der Waals surface area contributed by atoms with Crippen LogP contribution in [0.4, 0.5) is 0 Å². The molecule has 13 heavy (non-hydrogen) atoms. The molecule has 6 heteroatoms. The first-order chi connectivity index (χ1) is 5.99. The molecule has 1 aromatic carbocycles. The highest BCUT2D eigenvalue weighted by Gasteiger charge is 2.29. The van der Waals surface area contributed by atoms with Gasteiger partial charge in [0.05, 0.1) is 0 Å². The van der Waals surface area contributed by atoms with Crippen molar-refractivity contribution in [3.05, 3.63) is 30.3 Å². The van der Waals surface area contributed by atoms with Crippen molar-refractivity contribution in [2.75, 3.05) is 0 Å². The molecule has 1 aromatic rings. The van der Waals surface area contributed by atoms with Crippen LogP contribution in [-0.4, -0.2) is 16.1 Å². The van der Waals surface area contributed by atoms with Crippen molar-refractivity contribution >= 4 is 47.4 Å². The second-order valence-electron chi connectivity index (χ2n) is 2.33. The van der Waals surface area contributed by atoms with E-state index in [1.807, 2.05) is 6.07 Å². The summed E-state index contributed by atoms with van der Waals surface area (Å²) in [6.07, 6.45) is 0. The zero-order valence-corrected chi connectivity index (χ0v) is 8.72. The molecule has 0 aliphatic rings. The van der Waals surface area contributed by atoms with Crippen molar-refractivity contribution in [1.82, 2.24) is 0 Å². The SMILES string of the molecule is OB(OC(Cl)(Cl)Cl)c1ccccc1. The van der Waals surface area contributed by atoms with Gasteiger partial charge < -0.3 is 9.68 Å². The van der Waals surface area contributed by atoms with E-state index in [1.165, 1.54) is 0 Å². The minimum atomic E-state index is -1.91. The summed E-state index contributed by atoms with van der Waals surface area (Å²) in [5, 5.41) is 9.38. The standard InChI is InChI=1S/C7H6BCl3O2/c9-7(10,11)13-8(12)6-4-2-1-3-5-6/h1-5,12H. The second-order valence-corrected chi connectivity index (χ2v) is 4.50. The number of hydrogen-bond donors (Lipinski definition) is 1. The Morgan fingerprint density at radius 1 is 1.15 bits per heavy atom. The van der Waals surface area contributed by atoms with Gasteiger partial charge in [-0.2, -0.15) is 0 Å². The highest BCUT2D eigenvalue weighted by Crippen LogP contribution is 2.27. The summed E-state index contributed by atoms with van der Waals surface area (Å²) in [5.41, 5.74) is 0.536. The van der Waals surface area contributed by atoms with Crippen LogP contribution in [0, 0.1) is 0 Å². The fourth-order valence-corrected chi connectivity index (χ4v) is 1.07. The van der Waals surface area contributed by atoms with Gasteiger partial charge in [-0.25, -0.2) is 0 Å². The van der Waals surface area contributed by atoms with E-state index in [0.717, 1.165) is 0 Å². The minimum absolute atomic E-state index is 0.536. The maximum Gasteiger partial charge on any atom is 0.494 e. The van der Waals surface area contributed by atoms with Gasteiger partial charge in [-0.3, -0.25) is 0 Å². The van der Waals surface area contributed by atoms with E-state index in [4.69, 9.17) is 34.8 Å². The molecule has 0 radical (unpaired) electrons. The summed E-state index contributed by atoms with van der Waals surface area (Å²) < 4.78 is 2.77. The fourth-order valence-electron chi connectivity index (χ4n) is 0.812. The zero-order valence-electron chi connectivity index (χ0n) is 6.45. The lowest BCUT2D eigenvalue weighted by Gasteiger charge is -2.14. The van der Waals surface area contributed by atoms with Crippen LogP contribution in [0.5, 0.6) is 0 Å². The molecule has 0 atom stereocenters. The summed E-state index contributed by atoms with van der Waals surface area (Å²) in [6, 6.07) is 8.65. The van der Waals surface area contributed by atoms with E-state index in [1.54, 1.807) is 24.3 Å². The predicted molar refractivity (Wildman–Crippen MR) is 55.4 cm³/mol. The first-order valence-corrected chi connectivity index (χ1v) is 4.60. The van der Waals surface area contributed by atoms with Gasteiger partial charge >= 0.3 is 7.12 Å². The molecule has 2 nitrogen and oxygen atoms in total. The Balaban J connectivity index is 2.64.